The number of nitrogens with one attached hydrogen (secondary N) is 1. The number of hydrogen-bond donors (Lipinski definition) is 2. The minimum absolute atomic E-state index is 0.154. The van der Waals surface area contributed by atoms with Gasteiger partial charge in [-0.15, -0.1) is 0 Å². The van der Waals surface area contributed by atoms with Crippen LogP contribution in [0.3, 0.4) is 0 Å². The van der Waals surface area contributed by atoms with Crippen LogP contribution in [0.4, 0.5) is 5.82 Å². The van der Waals surface area contributed by atoms with Crippen LogP contribution in [-0.4, -0.2) is 20.1 Å². The molecule has 0 bridgehead atoms. The van der Waals surface area contributed by atoms with E-state index in [0.29, 0.717) is 11.1 Å². The lowest BCUT2D eigenvalue weighted by molar-refractivity contribution is 0.471. The molecule has 3 aromatic heterocycles. The van der Waals surface area contributed by atoms with Crippen molar-refractivity contribution in [2.24, 2.45) is 0 Å². The van der Waals surface area contributed by atoms with Gasteiger partial charge in [-0.05, 0) is 43.7 Å². The second-order valence-corrected chi connectivity index (χ2v) is 6.58. The van der Waals surface area contributed by atoms with E-state index in [9.17, 15) is 5.11 Å². The van der Waals surface area contributed by atoms with E-state index >= 15 is 0 Å². The summed E-state index contributed by atoms with van der Waals surface area (Å²) in [6.45, 7) is 3.95. The molecule has 0 radical (unpaired) electrons. The number of benzene rings is 1. The van der Waals surface area contributed by atoms with Gasteiger partial charge in [0, 0.05) is 29.0 Å². The van der Waals surface area contributed by atoms with Crippen molar-refractivity contribution >= 4 is 16.7 Å². The van der Waals surface area contributed by atoms with E-state index in [1.807, 2.05) is 74.6 Å². The maximum Gasteiger partial charge on any atom is 0.147 e. The number of aromatic nitrogens is 3. The number of phenolic OH excluding ortho intramolecular Hbond substituents is 1. The van der Waals surface area contributed by atoms with Crippen molar-refractivity contribution in [1.29, 1.82) is 0 Å². The van der Waals surface area contributed by atoms with Crippen molar-refractivity contribution in [2.75, 3.05) is 5.32 Å². The monoisotopic (exact) mass is 356 g/mol. The Morgan fingerprint density at radius 2 is 1.81 bits per heavy atom. The Morgan fingerprint density at radius 3 is 2.59 bits per heavy atom. The molecule has 27 heavy (non-hydrogen) atoms. The topological polar surface area (TPSA) is 70.9 Å². The molecule has 1 atom stereocenters. The first-order chi connectivity index (χ1) is 13.1. The van der Waals surface area contributed by atoms with Gasteiger partial charge >= 0.3 is 0 Å². The summed E-state index contributed by atoms with van der Waals surface area (Å²) in [5.74, 6) is 0.871. The number of fused-ring (bicyclic) bond motifs is 1. The number of aromatic hydroxyl groups is 1. The molecule has 0 spiro atoms. The molecule has 134 valence electrons. The lowest BCUT2D eigenvalue weighted by atomic mass is 9.99. The van der Waals surface area contributed by atoms with Crippen LogP contribution >= 0.6 is 0 Å². The van der Waals surface area contributed by atoms with Gasteiger partial charge in [0.25, 0.3) is 0 Å². The zero-order valence-electron chi connectivity index (χ0n) is 15.2. The molecule has 4 rings (SSSR count). The molecule has 0 saturated heterocycles. The summed E-state index contributed by atoms with van der Waals surface area (Å²) in [6.07, 6.45) is 3.49. The second kappa shape index (κ2) is 7.03. The first-order valence-electron chi connectivity index (χ1n) is 8.81. The molecule has 5 nitrogen and oxygen atoms in total. The van der Waals surface area contributed by atoms with Gasteiger partial charge in [-0.3, -0.25) is 9.97 Å². The van der Waals surface area contributed by atoms with E-state index in [1.165, 1.54) is 0 Å². The van der Waals surface area contributed by atoms with Gasteiger partial charge in [0.05, 0.1) is 11.7 Å². The highest BCUT2D eigenvalue weighted by Gasteiger charge is 2.21. The smallest absolute Gasteiger partial charge is 0.147 e. The van der Waals surface area contributed by atoms with Crippen LogP contribution in [0.1, 0.15) is 28.6 Å². The summed E-state index contributed by atoms with van der Waals surface area (Å²) in [5.41, 5.74) is 4.09. The fraction of sp³-hybridized carbons (Fsp3) is 0.136. The molecule has 0 amide bonds. The Kier molecular flexibility index (Phi) is 4.42. The zero-order valence-corrected chi connectivity index (χ0v) is 15.2. The third-order valence-corrected chi connectivity index (χ3v) is 4.50. The third-order valence-electron chi connectivity index (χ3n) is 4.50. The Bertz CT molecular complexity index is 1090. The van der Waals surface area contributed by atoms with Gasteiger partial charge in [0.1, 0.15) is 17.1 Å². The lowest BCUT2D eigenvalue weighted by Crippen LogP contribution is -2.15. The highest BCUT2D eigenvalue weighted by molar-refractivity contribution is 5.85. The zero-order chi connectivity index (χ0) is 18.8. The van der Waals surface area contributed by atoms with Crippen molar-refractivity contribution in [3.8, 4) is 5.75 Å². The highest BCUT2D eigenvalue weighted by Crippen LogP contribution is 2.35. The molecule has 0 aliphatic heterocycles. The number of aryl methyl sites for hydroxylation is 2. The highest BCUT2D eigenvalue weighted by atomic mass is 16.3. The standard InChI is InChI=1S/C22H20N4O/c1-14-8-11-19(24-13-14)26-21(18-7-3-5-15(2)25-18)17-10-9-16-6-4-12-23-20(16)22(17)27/h3-13,21,27H,1-2H3,(H,24,26). The molecular weight excluding hydrogens is 336 g/mol. The van der Waals surface area contributed by atoms with Crippen LogP contribution < -0.4 is 5.32 Å². The molecule has 4 aromatic rings. The normalized spacial score (nSPS) is 12.1. The Morgan fingerprint density at radius 1 is 0.926 bits per heavy atom. The van der Waals surface area contributed by atoms with Crippen LogP contribution in [0, 0.1) is 13.8 Å². The first kappa shape index (κ1) is 17.0. The molecule has 0 saturated carbocycles. The van der Waals surface area contributed by atoms with E-state index in [-0.39, 0.29) is 11.8 Å². The van der Waals surface area contributed by atoms with Crippen molar-refractivity contribution < 1.29 is 5.11 Å². The van der Waals surface area contributed by atoms with Crippen molar-refractivity contribution in [2.45, 2.75) is 19.9 Å². The summed E-state index contributed by atoms with van der Waals surface area (Å²) >= 11 is 0. The molecular formula is C22H20N4O. The van der Waals surface area contributed by atoms with Crippen LogP contribution in [0.5, 0.6) is 5.75 Å². The maximum atomic E-state index is 10.9. The van der Waals surface area contributed by atoms with Crippen molar-refractivity contribution in [3.63, 3.8) is 0 Å². The summed E-state index contributed by atoms with van der Waals surface area (Å²) in [6, 6.07) is 17.1. The van der Waals surface area contributed by atoms with Crippen LogP contribution in [0.15, 0.2) is 67.0 Å². The van der Waals surface area contributed by atoms with Crippen LogP contribution in [0.2, 0.25) is 0 Å². The van der Waals surface area contributed by atoms with Gasteiger partial charge in [0.2, 0.25) is 0 Å². The SMILES string of the molecule is Cc1ccc(NC(c2cccc(C)n2)c2ccc3cccnc3c2O)nc1. The average molecular weight is 356 g/mol. The molecule has 1 aromatic carbocycles. The van der Waals surface area contributed by atoms with Crippen LogP contribution in [-0.2, 0) is 0 Å². The minimum Gasteiger partial charge on any atom is -0.505 e. The molecule has 0 fully saturated rings. The Labute approximate surface area is 157 Å². The van der Waals surface area contributed by atoms with Crippen LogP contribution in [0.25, 0.3) is 10.9 Å². The number of phenols is 1. The summed E-state index contributed by atoms with van der Waals surface area (Å²) in [4.78, 5) is 13.5. The number of hydrogen-bond acceptors (Lipinski definition) is 5. The summed E-state index contributed by atoms with van der Waals surface area (Å²) < 4.78 is 0. The number of nitrogens with zero attached hydrogens (tertiary/aromatic N) is 3. The Hall–Kier alpha value is -3.47. The number of rotatable bonds is 4. The van der Waals surface area contributed by atoms with Crippen molar-refractivity contribution in [1.82, 2.24) is 15.0 Å². The van der Waals surface area contributed by atoms with Gasteiger partial charge in [0.15, 0.2) is 0 Å². The van der Waals surface area contributed by atoms with E-state index in [4.69, 9.17) is 0 Å². The summed E-state index contributed by atoms with van der Waals surface area (Å²) in [7, 11) is 0. The molecule has 0 aliphatic carbocycles. The molecule has 1 unspecified atom stereocenters. The fourth-order valence-corrected chi connectivity index (χ4v) is 3.12. The lowest BCUT2D eigenvalue weighted by Gasteiger charge is -2.21. The molecule has 2 N–H and O–H groups in total. The fourth-order valence-electron chi connectivity index (χ4n) is 3.12. The summed E-state index contributed by atoms with van der Waals surface area (Å²) in [5, 5.41) is 15.2. The van der Waals surface area contributed by atoms with Gasteiger partial charge in [-0.1, -0.05) is 30.3 Å². The molecule has 3 heterocycles. The van der Waals surface area contributed by atoms with Gasteiger partial charge in [-0.2, -0.15) is 0 Å². The van der Waals surface area contributed by atoms with Gasteiger partial charge < -0.3 is 10.4 Å². The van der Waals surface area contributed by atoms with E-state index in [1.54, 1.807) is 6.20 Å². The quantitative estimate of drug-likeness (QED) is 0.561. The Balaban J connectivity index is 1.84. The first-order valence-corrected chi connectivity index (χ1v) is 8.81. The molecule has 5 heteroatoms. The molecule has 0 aliphatic rings. The minimum atomic E-state index is -0.355. The number of pyridine rings is 3. The maximum absolute atomic E-state index is 10.9. The largest absolute Gasteiger partial charge is 0.505 e. The second-order valence-electron chi connectivity index (χ2n) is 6.58. The third kappa shape index (κ3) is 3.44. The van der Waals surface area contributed by atoms with E-state index < -0.39 is 0 Å². The average Bonchev–Trinajstić information content (AvgIpc) is 2.68. The predicted octanol–water partition coefficient (Wildman–Crippen LogP) is 4.55. The predicted molar refractivity (Wildman–Crippen MR) is 107 cm³/mol. The van der Waals surface area contributed by atoms with Gasteiger partial charge in [-0.25, -0.2) is 4.98 Å². The van der Waals surface area contributed by atoms with E-state index in [2.05, 4.69) is 20.3 Å². The number of anilines is 1. The van der Waals surface area contributed by atoms with Crippen molar-refractivity contribution in [3.05, 3.63) is 89.5 Å². The van der Waals surface area contributed by atoms with E-state index in [0.717, 1.165) is 28.2 Å².